The third-order valence-corrected chi connectivity index (χ3v) is 3.98. The number of ketones is 1. The topological polar surface area (TPSA) is 17.1 Å². The minimum atomic E-state index is 0.321. The lowest BCUT2D eigenvalue weighted by Gasteiger charge is -2.29. The normalized spacial score (nSPS) is 33.5. The van der Waals surface area contributed by atoms with Crippen LogP contribution in [0.25, 0.3) is 0 Å². The standard InChI is InChI=1S/C15H22O/c1-10(16)13-9-14(13)11-5-7-12(8-6-11)15(2,3)4/h5-7,12-14H,8-9H2,1-4H3. The highest BCUT2D eigenvalue weighted by molar-refractivity contribution is 5.82. The van der Waals surface area contributed by atoms with Gasteiger partial charge in [0.15, 0.2) is 0 Å². The van der Waals surface area contributed by atoms with Crippen molar-refractivity contribution in [3.05, 3.63) is 23.8 Å². The minimum absolute atomic E-state index is 0.321. The largest absolute Gasteiger partial charge is 0.300 e. The van der Waals surface area contributed by atoms with Crippen molar-refractivity contribution in [3.8, 4) is 0 Å². The molecule has 0 aliphatic heterocycles. The predicted molar refractivity (Wildman–Crippen MR) is 67.1 cm³/mol. The van der Waals surface area contributed by atoms with Crippen molar-refractivity contribution >= 4 is 5.78 Å². The van der Waals surface area contributed by atoms with Gasteiger partial charge in [-0.1, -0.05) is 39.0 Å². The maximum absolute atomic E-state index is 11.2. The van der Waals surface area contributed by atoms with E-state index in [9.17, 15) is 4.79 Å². The van der Waals surface area contributed by atoms with E-state index >= 15 is 0 Å². The highest BCUT2D eigenvalue weighted by Gasteiger charge is 2.42. The Labute approximate surface area is 98.6 Å². The van der Waals surface area contributed by atoms with Crippen LogP contribution in [-0.4, -0.2) is 5.78 Å². The van der Waals surface area contributed by atoms with Crippen LogP contribution < -0.4 is 0 Å². The minimum Gasteiger partial charge on any atom is -0.300 e. The van der Waals surface area contributed by atoms with E-state index in [2.05, 4.69) is 39.0 Å². The van der Waals surface area contributed by atoms with E-state index in [1.807, 2.05) is 0 Å². The molecule has 2 rings (SSSR count). The monoisotopic (exact) mass is 218 g/mol. The van der Waals surface area contributed by atoms with Crippen LogP contribution in [0.1, 0.15) is 40.5 Å². The summed E-state index contributed by atoms with van der Waals surface area (Å²) in [5, 5.41) is 0. The Bertz CT molecular complexity index is 354. The molecule has 0 spiro atoms. The first-order valence-corrected chi connectivity index (χ1v) is 6.28. The van der Waals surface area contributed by atoms with Crippen molar-refractivity contribution in [2.75, 3.05) is 0 Å². The fourth-order valence-corrected chi connectivity index (χ4v) is 2.57. The molecule has 1 heteroatoms. The summed E-state index contributed by atoms with van der Waals surface area (Å²) in [4.78, 5) is 11.2. The van der Waals surface area contributed by atoms with Gasteiger partial charge in [-0.2, -0.15) is 0 Å². The third-order valence-electron chi connectivity index (χ3n) is 3.98. The average Bonchev–Trinajstić information content (AvgIpc) is 2.96. The molecule has 0 N–H and O–H groups in total. The molecular weight excluding hydrogens is 196 g/mol. The Morgan fingerprint density at radius 3 is 2.44 bits per heavy atom. The summed E-state index contributed by atoms with van der Waals surface area (Å²) < 4.78 is 0. The third kappa shape index (κ3) is 2.28. The molecule has 0 saturated heterocycles. The van der Waals surface area contributed by atoms with Crippen LogP contribution in [0.2, 0.25) is 0 Å². The van der Waals surface area contributed by atoms with E-state index in [0.29, 0.717) is 29.0 Å². The number of Topliss-reactive ketones (excluding diaryl/α,β-unsaturated/α-hetero) is 1. The number of hydrogen-bond acceptors (Lipinski definition) is 1. The fourth-order valence-electron chi connectivity index (χ4n) is 2.57. The molecule has 0 bridgehead atoms. The molecule has 3 unspecified atom stereocenters. The van der Waals surface area contributed by atoms with E-state index in [-0.39, 0.29) is 0 Å². The molecule has 3 atom stereocenters. The van der Waals surface area contributed by atoms with Gasteiger partial charge in [-0.25, -0.2) is 0 Å². The first-order chi connectivity index (χ1) is 7.39. The van der Waals surface area contributed by atoms with Gasteiger partial charge < -0.3 is 0 Å². The zero-order valence-corrected chi connectivity index (χ0v) is 10.8. The summed E-state index contributed by atoms with van der Waals surface area (Å²) >= 11 is 0. The van der Waals surface area contributed by atoms with Gasteiger partial charge in [-0.15, -0.1) is 0 Å². The van der Waals surface area contributed by atoms with Gasteiger partial charge in [0, 0.05) is 5.92 Å². The molecule has 0 aromatic carbocycles. The summed E-state index contributed by atoms with van der Waals surface area (Å²) in [6, 6.07) is 0. The van der Waals surface area contributed by atoms with Gasteiger partial charge >= 0.3 is 0 Å². The Morgan fingerprint density at radius 1 is 1.38 bits per heavy atom. The van der Waals surface area contributed by atoms with Crippen LogP contribution in [0.5, 0.6) is 0 Å². The summed E-state index contributed by atoms with van der Waals surface area (Å²) in [6.07, 6.45) is 9.16. The van der Waals surface area contributed by atoms with Crippen molar-refractivity contribution in [3.63, 3.8) is 0 Å². The van der Waals surface area contributed by atoms with Crippen LogP contribution in [0.15, 0.2) is 23.8 Å². The molecule has 1 nitrogen and oxygen atoms in total. The molecular formula is C15H22O. The molecule has 0 amide bonds. The summed E-state index contributed by atoms with van der Waals surface area (Å²) in [7, 11) is 0. The van der Waals surface area contributed by atoms with Gasteiger partial charge in [0.1, 0.15) is 5.78 Å². The molecule has 0 aromatic heterocycles. The molecule has 88 valence electrons. The second-order valence-electron chi connectivity index (χ2n) is 6.33. The number of carbonyl (C=O) groups is 1. The lowest BCUT2D eigenvalue weighted by atomic mass is 9.76. The van der Waals surface area contributed by atoms with Crippen LogP contribution in [0, 0.1) is 23.2 Å². The molecule has 1 fully saturated rings. The van der Waals surface area contributed by atoms with E-state index < -0.39 is 0 Å². The summed E-state index contributed by atoms with van der Waals surface area (Å²) in [5.74, 6) is 1.86. The van der Waals surface area contributed by atoms with Gasteiger partial charge in [-0.05, 0) is 42.6 Å². The van der Waals surface area contributed by atoms with Crippen molar-refractivity contribution in [2.24, 2.45) is 23.2 Å². The smallest absolute Gasteiger partial charge is 0.133 e. The lowest BCUT2D eigenvalue weighted by molar-refractivity contribution is -0.118. The van der Waals surface area contributed by atoms with Crippen LogP contribution in [0.4, 0.5) is 0 Å². The van der Waals surface area contributed by atoms with E-state index in [4.69, 9.17) is 0 Å². The molecule has 0 aromatic rings. The molecule has 0 heterocycles. The molecule has 0 radical (unpaired) electrons. The number of carbonyl (C=O) groups excluding carboxylic acids is 1. The average molecular weight is 218 g/mol. The number of allylic oxidation sites excluding steroid dienone is 4. The van der Waals surface area contributed by atoms with E-state index in [1.54, 1.807) is 6.92 Å². The van der Waals surface area contributed by atoms with E-state index in [0.717, 1.165) is 12.8 Å². The second-order valence-corrected chi connectivity index (χ2v) is 6.33. The Hall–Kier alpha value is -0.850. The predicted octanol–water partition coefficient (Wildman–Crippen LogP) is 3.76. The maximum Gasteiger partial charge on any atom is 0.133 e. The maximum atomic E-state index is 11.2. The van der Waals surface area contributed by atoms with Crippen molar-refractivity contribution < 1.29 is 4.79 Å². The summed E-state index contributed by atoms with van der Waals surface area (Å²) in [5.41, 5.74) is 1.75. The lowest BCUT2D eigenvalue weighted by Crippen LogP contribution is -2.19. The second kappa shape index (κ2) is 3.87. The van der Waals surface area contributed by atoms with Crippen molar-refractivity contribution in [1.29, 1.82) is 0 Å². The number of rotatable bonds is 2. The van der Waals surface area contributed by atoms with Crippen molar-refractivity contribution in [1.82, 2.24) is 0 Å². The van der Waals surface area contributed by atoms with Crippen LogP contribution in [0.3, 0.4) is 0 Å². The van der Waals surface area contributed by atoms with Gasteiger partial charge in [-0.3, -0.25) is 4.79 Å². The van der Waals surface area contributed by atoms with Crippen LogP contribution >= 0.6 is 0 Å². The zero-order chi connectivity index (χ0) is 11.9. The highest BCUT2D eigenvalue weighted by atomic mass is 16.1. The first kappa shape index (κ1) is 11.6. The molecule has 2 aliphatic rings. The summed E-state index contributed by atoms with van der Waals surface area (Å²) in [6.45, 7) is 8.58. The molecule has 16 heavy (non-hydrogen) atoms. The Balaban J connectivity index is 1.97. The van der Waals surface area contributed by atoms with Gasteiger partial charge in [0.2, 0.25) is 0 Å². The van der Waals surface area contributed by atoms with Crippen molar-refractivity contribution in [2.45, 2.75) is 40.5 Å². The zero-order valence-electron chi connectivity index (χ0n) is 10.8. The Morgan fingerprint density at radius 2 is 2.06 bits per heavy atom. The quantitative estimate of drug-likeness (QED) is 0.689. The molecule has 2 aliphatic carbocycles. The first-order valence-electron chi connectivity index (χ1n) is 6.28. The fraction of sp³-hybridized carbons (Fsp3) is 0.667. The number of hydrogen-bond donors (Lipinski definition) is 0. The SMILES string of the molecule is CC(=O)C1CC1C1=CCC(C(C)(C)C)C=C1. The van der Waals surface area contributed by atoms with Crippen LogP contribution in [-0.2, 0) is 4.79 Å². The van der Waals surface area contributed by atoms with E-state index in [1.165, 1.54) is 5.57 Å². The Kier molecular flexibility index (Phi) is 2.81. The van der Waals surface area contributed by atoms with Gasteiger partial charge in [0.25, 0.3) is 0 Å². The molecule has 1 saturated carbocycles. The van der Waals surface area contributed by atoms with Gasteiger partial charge in [0.05, 0.1) is 0 Å². The highest BCUT2D eigenvalue weighted by Crippen LogP contribution is 2.47.